The molecule has 44 valence electrons. The van der Waals surface area contributed by atoms with Crippen LogP contribution in [0.15, 0.2) is 0 Å². The summed E-state index contributed by atoms with van der Waals surface area (Å²) in [5.74, 6) is 1.11. The molecule has 0 aromatic rings. The van der Waals surface area contributed by atoms with E-state index in [0.29, 0.717) is 0 Å². The first-order valence-corrected chi connectivity index (χ1v) is 3.30. The van der Waals surface area contributed by atoms with Crippen LogP contribution in [0, 0.1) is 0 Å². The van der Waals surface area contributed by atoms with Crippen molar-refractivity contribution in [2.24, 2.45) is 0 Å². The summed E-state index contributed by atoms with van der Waals surface area (Å²) in [5.41, 5.74) is 0. The van der Waals surface area contributed by atoms with Gasteiger partial charge >= 0.3 is 0 Å². The molecular formula is C5H12S2. The maximum Gasteiger partial charge on any atom is 0.0447 e. The quantitative estimate of drug-likeness (QED) is 0.508. The molecule has 0 rings (SSSR count). The standard InChI is InChI=1S/C4H8S2.CH4/c1-3-6-4(2)5;/h3H2,1-2H3;1H4. The van der Waals surface area contributed by atoms with E-state index in [1.165, 1.54) is 0 Å². The zero-order valence-corrected chi connectivity index (χ0v) is 5.66. The summed E-state index contributed by atoms with van der Waals surface area (Å²) in [4.78, 5) is 0. The largest absolute Gasteiger partial charge is 0.120 e. The molecule has 0 nitrogen and oxygen atoms in total. The van der Waals surface area contributed by atoms with Gasteiger partial charge in [0.25, 0.3) is 0 Å². The zero-order chi connectivity index (χ0) is 4.99. The highest BCUT2D eigenvalue weighted by molar-refractivity contribution is 8.23. The first kappa shape index (κ1) is 10.4. The van der Waals surface area contributed by atoms with Crippen LogP contribution in [0.2, 0.25) is 0 Å². The highest BCUT2D eigenvalue weighted by Crippen LogP contribution is 1.99. The van der Waals surface area contributed by atoms with Gasteiger partial charge < -0.3 is 0 Å². The number of rotatable bonds is 1. The lowest BCUT2D eigenvalue weighted by Gasteiger charge is -1.84. The SMILES string of the molecule is C.CCSC(C)=S. The van der Waals surface area contributed by atoms with Crippen molar-refractivity contribution in [1.29, 1.82) is 0 Å². The van der Waals surface area contributed by atoms with Crippen LogP contribution in [-0.2, 0) is 0 Å². The molecule has 0 heterocycles. The maximum absolute atomic E-state index is 4.76. The fourth-order valence-corrected chi connectivity index (χ4v) is 0.963. The van der Waals surface area contributed by atoms with E-state index in [1.807, 2.05) is 6.92 Å². The lowest BCUT2D eigenvalue weighted by Crippen LogP contribution is -1.74. The van der Waals surface area contributed by atoms with Crippen LogP contribution in [0.25, 0.3) is 0 Å². The normalized spacial score (nSPS) is 7.14. The van der Waals surface area contributed by atoms with Crippen molar-refractivity contribution in [1.82, 2.24) is 0 Å². The molecule has 0 spiro atoms. The highest BCUT2D eigenvalue weighted by atomic mass is 32.2. The summed E-state index contributed by atoms with van der Waals surface area (Å²) < 4.78 is 1.04. The second kappa shape index (κ2) is 6.44. The first-order chi connectivity index (χ1) is 2.77. The van der Waals surface area contributed by atoms with E-state index >= 15 is 0 Å². The Morgan fingerprint density at radius 2 is 2.14 bits per heavy atom. The molecule has 0 aliphatic carbocycles. The minimum absolute atomic E-state index is 0. The molecule has 0 atom stereocenters. The lowest BCUT2D eigenvalue weighted by molar-refractivity contribution is 1.54. The van der Waals surface area contributed by atoms with Crippen molar-refractivity contribution in [2.45, 2.75) is 21.3 Å². The maximum atomic E-state index is 4.76. The molecule has 0 saturated carbocycles. The van der Waals surface area contributed by atoms with Gasteiger partial charge in [0.1, 0.15) is 0 Å². The van der Waals surface area contributed by atoms with E-state index < -0.39 is 0 Å². The Balaban J connectivity index is 0. The molecule has 0 bridgehead atoms. The molecule has 0 aromatic heterocycles. The Bertz CT molecular complexity index is 50.0. The van der Waals surface area contributed by atoms with Gasteiger partial charge in [0.05, 0.1) is 0 Å². The molecule has 0 N–H and O–H groups in total. The van der Waals surface area contributed by atoms with Gasteiger partial charge in [-0.2, -0.15) is 0 Å². The van der Waals surface area contributed by atoms with Gasteiger partial charge in [-0.1, -0.05) is 26.6 Å². The summed E-state index contributed by atoms with van der Waals surface area (Å²) in [6, 6.07) is 0. The average Bonchev–Trinajstić information content (AvgIpc) is 1.35. The van der Waals surface area contributed by atoms with Crippen molar-refractivity contribution in [2.75, 3.05) is 5.75 Å². The third-order valence-corrected chi connectivity index (χ3v) is 1.40. The van der Waals surface area contributed by atoms with E-state index in [-0.39, 0.29) is 7.43 Å². The number of thiocarbonyl (C=S) groups is 1. The van der Waals surface area contributed by atoms with E-state index in [0.717, 1.165) is 9.95 Å². The molecule has 0 radical (unpaired) electrons. The minimum Gasteiger partial charge on any atom is -0.120 e. The van der Waals surface area contributed by atoms with Crippen LogP contribution in [0.5, 0.6) is 0 Å². The number of thioether (sulfide) groups is 1. The fraction of sp³-hybridized carbons (Fsp3) is 0.800. The molecule has 0 aromatic carbocycles. The second-order valence-corrected chi connectivity index (χ2v) is 3.27. The fourth-order valence-electron chi connectivity index (χ4n) is 0.203. The molecule has 0 unspecified atom stereocenters. The zero-order valence-electron chi connectivity index (χ0n) is 4.02. The van der Waals surface area contributed by atoms with Crippen LogP contribution < -0.4 is 0 Å². The molecule has 7 heavy (non-hydrogen) atoms. The van der Waals surface area contributed by atoms with Crippen molar-refractivity contribution in [3.63, 3.8) is 0 Å². The summed E-state index contributed by atoms with van der Waals surface area (Å²) in [7, 11) is 0. The average molecular weight is 136 g/mol. The Labute approximate surface area is 55.7 Å². The van der Waals surface area contributed by atoms with Crippen LogP contribution in [0.1, 0.15) is 21.3 Å². The van der Waals surface area contributed by atoms with E-state index in [9.17, 15) is 0 Å². The summed E-state index contributed by atoms with van der Waals surface area (Å²) in [6.07, 6.45) is 0. The monoisotopic (exact) mass is 136 g/mol. The number of hydrogen-bond acceptors (Lipinski definition) is 2. The number of hydrogen-bond donors (Lipinski definition) is 0. The minimum atomic E-state index is 0. The molecular weight excluding hydrogens is 124 g/mol. The molecule has 0 aliphatic rings. The Morgan fingerprint density at radius 3 is 2.14 bits per heavy atom. The van der Waals surface area contributed by atoms with E-state index in [1.54, 1.807) is 11.8 Å². The van der Waals surface area contributed by atoms with Crippen molar-refractivity contribution in [3.05, 3.63) is 0 Å². The van der Waals surface area contributed by atoms with Gasteiger partial charge in [0.2, 0.25) is 0 Å². The van der Waals surface area contributed by atoms with Gasteiger partial charge in [-0.15, -0.1) is 11.8 Å². The summed E-state index contributed by atoms with van der Waals surface area (Å²) in [6.45, 7) is 4.05. The molecule has 0 aliphatic heterocycles. The van der Waals surface area contributed by atoms with Crippen molar-refractivity contribution >= 4 is 28.2 Å². The van der Waals surface area contributed by atoms with Gasteiger partial charge in [-0.25, -0.2) is 0 Å². The lowest BCUT2D eigenvalue weighted by atomic mass is 11.0. The Hall–Kier alpha value is 0.440. The first-order valence-electron chi connectivity index (χ1n) is 1.90. The third kappa shape index (κ3) is 10.7. The van der Waals surface area contributed by atoms with Gasteiger partial charge in [0, 0.05) is 4.20 Å². The van der Waals surface area contributed by atoms with Crippen LogP contribution in [0.3, 0.4) is 0 Å². The Kier molecular flexibility index (Phi) is 9.59. The van der Waals surface area contributed by atoms with Crippen molar-refractivity contribution in [3.8, 4) is 0 Å². The van der Waals surface area contributed by atoms with Gasteiger partial charge in [0.15, 0.2) is 0 Å². The van der Waals surface area contributed by atoms with Crippen molar-refractivity contribution < 1.29 is 0 Å². The second-order valence-electron chi connectivity index (χ2n) is 0.925. The topological polar surface area (TPSA) is 0 Å². The van der Waals surface area contributed by atoms with Crippen LogP contribution >= 0.6 is 24.0 Å². The highest BCUT2D eigenvalue weighted by Gasteiger charge is 1.78. The predicted molar refractivity (Wildman–Crippen MR) is 43.1 cm³/mol. The van der Waals surface area contributed by atoms with E-state index in [2.05, 4.69) is 6.92 Å². The third-order valence-electron chi connectivity index (χ3n) is 0.348. The summed E-state index contributed by atoms with van der Waals surface area (Å²) in [5, 5.41) is 0. The molecule has 0 saturated heterocycles. The smallest absolute Gasteiger partial charge is 0.0447 e. The van der Waals surface area contributed by atoms with Crippen LogP contribution in [0.4, 0.5) is 0 Å². The molecule has 0 fully saturated rings. The van der Waals surface area contributed by atoms with E-state index in [4.69, 9.17) is 12.2 Å². The molecule has 2 heteroatoms. The predicted octanol–water partition coefficient (Wildman–Crippen LogP) is 2.72. The molecule has 0 amide bonds. The van der Waals surface area contributed by atoms with Crippen LogP contribution in [-0.4, -0.2) is 9.95 Å². The summed E-state index contributed by atoms with van der Waals surface area (Å²) >= 11 is 6.48. The Morgan fingerprint density at radius 1 is 1.71 bits per heavy atom. The van der Waals surface area contributed by atoms with Gasteiger partial charge in [-0.3, -0.25) is 0 Å². The van der Waals surface area contributed by atoms with Gasteiger partial charge in [-0.05, 0) is 12.7 Å².